The van der Waals surface area contributed by atoms with E-state index in [0.717, 1.165) is 49.8 Å². The van der Waals surface area contributed by atoms with Crippen LogP contribution in [0.3, 0.4) is 0 Å². The van der Waals surface area contributed by atoms with Crippen molar-refractivity contribution in [2.45, 2.75) is 19.3 Å². The van der Waals surface area contributed by atoms with Gasteiger partial charge in [-0.1, -0.05) is 159 Å². The lowest BCUT2D eigenvalue weighted by Gasteiger charge is -2.22. The molecule has 0 aliphatic heterocycles. The van der Waals surface area contributed by atoms with Crippen LogP contribution in [0.4, 0.5) is 0 Å². The molecule has 10 aromatic rings. The Morgan fingerprint density at radius 2 is 0.862 bits per heavy atom. The second-order valence-corrected chi connectivity index (χ2v) is 15.6. The minimum Gasteiger partial charge on any atom is -0.456 e. The molecule has 58 heavy (non-hydrogen) atoms. The number of fused-ring (bicyclic) bond motifs is 6. The number of hydrogen-bond donors (Lipinski definition) is 0. The molecule has 4 nitrogen and oxygen atoms in total. The van der Waals surface area contributed by atoms with Gasteiger partial charge in [0.15, 0.2) is 17.5 Å². The minimum atomic E-state index is -0.0882. The van der Waals surface area contributed by atoms with Gasteiger partial charge in [0.1, 0.15) is 11.2 Å². The van der Waals surface area contributed by atoms with Crippen molar-refractivity contribution in [3.63, 3.8) is 0 Å². The lowest BCUT2D eigenvalue weighted by molar-refractivity contribution is 0.660. The lowest BCUT2D eigenvalue weighted by Crippen LogP contribution is -2.14. The zero-order chi connectivity index (χ0) is 38.8. The van der Waals surface area contributed by atoms with Crippen LogP contribution in [0.2, 0.25) is 0 Å². The lowest BCUT2D eigenvalue weighted by atomic mass is 9.81. The van der Waals surface area contributed by atoms with Gasteiger partial charge in [0.25, 0.3) is 0 Å². The molecular formula is C54H37N3O. The summed E-state index contributed by atoms with van der Waals surface area (Å²) in [4.78, 5) is 15.1. The first-order chi connectivity index (χ1) is 28.5. The van der Waals surface area contributed by atoms with E-state index in [2.05, 4.69) is 129 Å². The number of rotatable bonds is 6. The summed E-state index contributed by atoms with van der Waals surface area (Å²) in [7, 11) is 0. The summed E-state index contributed by atoms with van der Waals surface area (Å²) < 4.78 is 6.54. The third-order valence-corrected chi connectivity index (χ3v) is 11.7. The second kappa shape index (κ2) is 13.4. The molecule has 0 unspecified atom stereocenters. The van der Waals surface area contributed by atoms with E-state index in [-0.39, 0.29) is 5.41 Å². The molecule has 8 aromatic carbocycles. The highest BCUT2D eigenvalue weighted by Gasteiger charge is 2.35. The zero-order valence-corrected chi connectivity index (χ0v) is 32.1. The van der Waals surface area contributed by atoms with E-state index in [1.807, 2.05) is 72.8 Å². The molecule has 0 bridgehead atoms. The Morgan fingerprint density at radius 3 is 1.53 bits per heavy atom. The quantitative estimate of drug-likeness (QED) is 0.170. The summed E-state index contributed by atoms with van der Waals surface area (Å²) in [5.41, 5.74) is 16.6. The molecule has 0 fully saturated rings. The Balaban J connectivity index is 1.08. The molecule has 0 saturated heterocycles. The number of nitrogens with zero attached hydrogens (tertiary/aromatic N) is 3. The van der Waals surface area contributed by atoms with Gasteiger partial charge in [0, 0.05) is 32.9 Å². The normalized spacial score (nSPS) is 12.8. The smallest absolute Gasteiger partial charge is 0.164 e. The number of furan rings is 1. The maximum Gasteiger partial charge on any atom is 0.164 e. The predicted molar refractivity (Wildman–Crippen MR) is 237 cm³/mol. The van der Waals surface area contributed by atoms with Gasteiger partial charge in [0.2, 0.25) is 0 Å². The van der Waals surface area contributed by atoms with Crippen LogP contribution in [-0.4, -0.2) is 15.0 Å². The molecule has 0 spiro atoms. The van der Waals surface area contributed by atoms with Crippen molar-refractivity contribution >= 4 is 21.9 Å². The van der Waals surface area contributed by atoms with Gasteiger partial charge >= 0.3 is 0 Å². The summed E-state index contributed by atoms with van der Waals surface area (Å²) in [5.74, 6) is 1.85. The fourth-order valence-electron chi connectivity index (χ4n) is 8.76. The standard InChI is InChI=1S/C54H37N3O/c1-54(2)46-23-13-12-21-42(46)43-27-25-38(33-47(43)54)41-30-39(34-15-6-3-7-16-34)29-40(31-41)37-26-28-48-45(32-37)50-44(22-14-24-49(50)58-48)53-56-51(35-17-8-4-9-18-35)55-52(57-53)36-19-10-5-11-20-36/h3-33H,1-2H3. The largest absolute Gasteiger partial charge is 0.456 e. The van der Waals surface area contributed by atoms with Gasteiger partial charge in [0.05, 0.1) is 0 Å². The summed E-state index contributed by atoms with van der Waals surface area (Å²) in [6.07, 6.45) is 0. The van der Waals surface area contributed by atoms with Crippen LogP contribution in [0.1, 0.15) is 25.0 Å². The summed E-state index contributed by atoms with van der Waals surface area (Å²) in [6.45, 7) is 4.68. The first-order valence-electron chi connectivity index (χ1n) is 19.8. The number of benzene rings is 8. The maximum atomic E-state index is 6.54. The van der Waals surface area contributed by atoms with Crippen molar-refractivity contribution < 1.29 is 4.42 Å². The molecule has 0 N–H and O–H groups in total. The molecule has 2 heterocycles. The van der Waals surface area contributed by atoms with Crippen molar-refractivity contribution in [1.82, 2.24) is 15.0 Å². The first-order valence-corrected chi connectivity index (χ1v) is 19.8. The van der Waals surface area contributed by atoms with E-state index < -0.39 is 0 Å². The van der Waals surface area contributed by atoms with Crippen molar-refractivity contribution in [1.29, 1.82) is 0 Å². The van der Waals surface area contributed by atoms with E-state index >= 15 is 0 Å². The van der Waals surface area contributed by atoms with Crippen LogP contribution in [0.25, 0.3) is 101 Å². The maximum absolute atomic E-state index is 6.54. The molecule has 0 radical (unpaired) electrons. The molecule has 1 aliphatic carbocycles. The monoisotopic (exact) mass is 743 g/mol. The molecule has 0 atom stereocenters. The van der Waals surface area contributed by atoms with E-state index in [9.17, 15) is 0 Å². The van der Waals surface area contributed by atoms with Crippen molar-refractivity contribution in [3.8, 4) is 78.7 Å². The molecule has 2 aromatic heterocycles. The second-order valence-electron chi connectivity index (χ2n) is 15.6. The van der Waals surface area contributed by atoms with Gasteiger partial charge < -0.3 is 4.42 Å². The SMILES string of the molecule is CC1(C)c2ccccc2-c2ccc(-c3cc(-c4ccccc4)cc(-c4ccc5oc6cccc(-c7nc(-c8ccccc8)nc(-c8ccccc8)n7)c6c5c4)c3)cc21. The van der Waals surface area contributed by atoms with Crippen LogP contribution in [0.5, 0.6) is 0 Å². The van der Waals surface area contributed by atoms with E-state index in [4.69, 9.17) is 19.4 Å². The minimum absolute atomic E-state index is 0.0882. The molecule has 0 saturated carbocycles. The summed E-state index contributed by atoms with van der Waals surface area (Å²) >= 11 is 0. The van der Waals surface area contributed by atoms with Crippen LogP contribution in [0, 0.1) is 0 Å². The number of aromatic nitrogens is 3. The molecule has 0 amide bonds. The average Bonchev–Trinajstić information content (AvgIpc) is 3.78. The van der Waals surface area contributed by atoms with Crippen LogP contribution >= 0.6 is 0 Å². The third kappa shape index (κ3) is 5.64. The zero-order valence-electron chi connectivity index (χ0n) is 32.1. The van der Waals surface area contributed by atoms with E-state index in [0.29, 0.717) is 17.5 Å². The van der Waals surface area contributed by atoms with Crippen LogP contribution in [0.15, 0.2) is 192 Å². The van der Waals surface area contributed by atoms with Gasteiger partial charge in [-0.3, -0.25) is 0 Å². The summed E-state index contributed by atoms with van der Waals surface area (Å²) in [6, 6.07) is 66.3. The Hall–Kier alpha value is -7.43. The van der Waals surface area contributed by atoms with Crippen LogP contribution < -0.4 is 0 Å². The fourth-order valence-corrected chi connectivity index (χ4v) is 8.76. The fraction of sp³-hybridized carbons (Fsp3) is 0.0556. The highest BCUT2D eigenvalue weighted by molar-refractivity contribution is 6.13. The number of hydrogen-bond acceptors (Lipinski definition) is 4. The van der Waals surface area contributed by atoms with E-state index in [1.54, 1.807) is 0 Å². The van der Waals surface area contributed by atoms with Crippen LogP contribution in [-0.2, 0) is 5.41 Å². The average molecular weight is 744 g/mol. The van der Waals surface area contributed by atoms with Gasteiger partial charge in [-0.15, -0.1) is 0 Å². The van der Waals surface area contributed by atoms with Gasteiger partial charge in [-0.05, 0) is 98.1 Å². The predicted octanol–water partition coefficient (Wildman–Crippen LogP) is 14.1. The van der Waals surface area contributed by atoms with Crippen molar-refractivity contribution in [3.05, 3.63) is 199 Å². The third-order valence-electron chi connectivity index (χ3n) is 11.7. The topological polar surface area (TPSA) is 51.8 Å². The highest BCUT2D eigenvalue weighted by atomic mass is 16.3. The molecule has 11 rings (SSSR count). The van der Waals surface area contributed by atoms with Gasteiger partial charge in [-0.25, -0.2) is 15.0 Å². The molecular weight excluding hydrogens is 707 g/mol. The Morgan fingerprint density at radius 1 is 0.345 bits per heavy atom. The van der Waals surface area contributed by atoms with Crippen molar-refractivity contribution in [2.24, 2.45) is 0 Å². The molecule has 274 valence electrons. The van der Waals surface area contributed by atoms with Gasteiger partial charge in [-0.2, -0.15) is 0 Å². The Kier molecular flexibility index (Phi) is 7.80. The molecule has 4 heteroatoms. The Bertz CT molecular complexity index is 3130. The van der Waals surface area contributed by atoms with Crippen molar-refractivity contribution in [2.75, 3.05) is 0 Å². The highest BCUT2D eigenvalue weighted by Crippen LogP contribution is 2.50. The first kappa shape index (κ1) is 33.9. The van der Waals surface area contributed by atoms with E-state index in [1.165, 1.54) is 44.5 Å². The molecule has 1 aliphatic rings. The Labute approximate surface area is 337 Å². The summed E-state index contributed by atoms with van der Waals surface area (Å²) in [5, 5.41) is 1.98.